The summed E-state index contributed by atoms with van der Waals surface area (Å²) in [5.41, 5.74) is 4.02. The van der Waals surface area contributed by atoms with E-state index in [0.717, 1.165) is 12.1 Å². The second-order valence-electron chi connectivity index (χ2n) is 3.52. The topological polar surface area (TPSA) is 66.6 Å². The fourth-order valence-electron chi connectivity index (χ4n) is 1.32. The van der Waals surface area contributed by atoms with Gasteiger partial charge in [0.2, 0.25) is 0 Å². The minimum absolute atomic E-state index is 0.147. The molecule has 3 N–H and O–H groups in total. The highest BCUT2D eigenvalue weighted by atomic mass is 19.4. The Balaban J connectivity index is 3.08. The van der Waals surface area contributed by atoms with Crippen LogP contribution in [0.3, 0.4) is 0 Å². The van der Waals surface area contributed by atoms with Gasteiger partial charge in [0.15, 0.2) is 0 Å². The van der Waals surface area contributed by atoms with Gasteiger partial charge in [0.05, 0.1) is 5.56 Å². The first kappa shape index (κ1) is 13.1. The van der Waals surface area contributed by atoms with E-state index in [9.17, 15) is 18.0 Å². The van der Waals surface area contributed by atoms with E-state index in [1.807, 2.05) is 0 Å². The van der Waals surface area contributed by atoms with Crippen LogP contribution in [0.25, 0.3) is 0 Å². The van der Waals surface area contributed by atoms with Crippen LogP contribution < -0.4 is 10.6 Å². The van der Waals surface area contributed by atoms with Gasteiger partial charge < -0.3 is 15.7 Å². The van der Waals surface area contributed by atoms with Crippen molar-refractivity contribution in [2.75, 3.05) is 24.2 Å². The van der Waals surface area contributed by atoms with Crippen molar-refractivity contribution in [3.8, 4) is 0 Å². The Labute approximate surface area is 95.4 Å². The molecule has 0 aliphatic rings. The monoisotopic (exact) mass is 248 g/mol. The Kier molecular flexibility index (Phi) is 3.50. The molecular weight excluding hydrogens is 237 g/mol. The first-order chi connectivity index (χ1) is 7.71. The van der Waals surface area contributed by atoms with E-state index in [1.165, 1.54) is 18.0 Å². The van der Waals surface area contributed by atoms with Crippen LogP contribution in [-0.2, 0) is 11.0 Å². The maximum Gasteiger partial charge on any atom is 0.418 e. The largest absolute Gasteiger partial charge is 0.480 e. The molecule has 0 aliphatic carbocycles. The number of anilines is 2. The van der Waals surface area contributed by atoms with Crippen molar-refractivity contribution in [2.24, 2.45) is 0 Å². The number of nitrogen functional groups attached to an aromatic ring is 1. The second kappa shape index (κ2) is 4.52. The van der Waals surface area contributed by atoms with Gasteiger partial charge in [-0.25, -0.2) is 0 Å². The Hall–Kier alpha value is -1.92. The lowest BCUT2D eigenvalue weighted by Crippen LogP contribution is -2.25. The minimum Gasteiger partial charge on any atom is -0.480 e. The van der Waals surface area contributed by atoms with Crippen molar-refractivity contribution < 1.29 is 23.1 Å². The van der Waals surface area contributed by atoms with Gasteiger partial charge >= 0.3 is 12.1 Å². The number of halogens is 3. The molecule has 0 spiro atoms. The molecule has 17 heavy (non-hydrogen) atoms. The number of likely N-dealkylation sites (N-methyl/N-ethyl adjacent to an activating group) is 1. The van der Waals surface area contributed by atoms with Gasteiger partial charge in [-0.2, -0.15) is 13.2 Å². The number of carbonyl (C=O) groups is 1. The summed E-state index contributed by atoms with van der Waals surface area (Å²) >= 11 is 0. The maximum absolute atomic E-state index is 12.5. The summed E-state index contributed by atoms with van der Waals surface area (Å²) in [5, 5.41) is 8.54. The van der Waals surface area contributed by atoms with Crippen LogP contribution >= 0.6 is 0 Å². The van der Waals surface area contributed by atoms with Gasteiger partial charge in [-0.1, -0.05) is 0 Å². The molecule has 0 unspecified atom stereocenters. The standard InChI is InChI=1S/C10H11F3N2O2/c1-15(5-9(16)17)6-2-3-8(14)7(4-6)10(11,12)13/h2-4H,5,14H2,1H3,(H,16,17). The summed E-state index contributed by atoms with van der Waals surface area (Å²) in [7, 11) is 1.39. The SMILES string of the molecule is CN(CC(=O)O)c1ccc(N)c(C(F)(F)F)c1. The molecule has 0 aliphatic heterocycles. The number of hydrogen-bond donors (Lipinski definition) is 2. The molecule has 0 radical (unpaired) electrons. The van der Waals surface area contributed by atoms with E-state index < -0.39 is 17.7 Å². The van der Waals surface area contributed by atoms with Crippen molar-refractivity contribution in [1.29, 1.82) is 0 Å². The third-order valence-electron chi connectivity index (χ3n) is 2.16. The third-order valence-corrected chi connectivity index (χ3v) is 2.16. The van der Waals surface area contributed by atoms with Gasteiger partial charge in [-0.15, -0.1) is 0 Å². The smallest absolute Gasteiger partial charge is 0.418 e. The number of alkyl halides is 3. The van der Waals surface area contributed by atoms with Crippen LogP contribution in [0, 0.1) is 0 Å². The van der Waals surface area contributed by atoms with Gasteiger partial charge in [0, 0.05) is 18.4 Å². The molecule has 0 fully saturated rings. The molecule has 0 bridgehead atoms. The highest BCUT2D eigenvalue weighted by molar-refractivity contribution is 5.74. The molecule has 0 saturated carbocycles. The molecule has 0 saturated heterocycles. The lowest BCUT2D eigenvalue weighted by Gasteiger charge is -2.19. The van der Waals surface area contributed by atoms with E-state index in [0.29, 0.717) is 0 Å². The number of nitrogens with two attached hydrogens (primary N) is 1. The lowest BCUT2D eigenvalue weighted by atomic mass is 10.1. The summed E-state index contributed by atoms with van der Waals surface area (Å²) in [6.45, 7) is -0.388. The number of aliphatic carboxylic acids is 1. The molecule has 1 aromatic rings. The zero-order valence-corrected chi connectivity index (χ0v) is 8.95. The molecule has 4 nitrogen and oxygen atoms in total. The van der Waals surface area contributed by atoms with Crippen molar-refractivity contribution in [3.63, 3.8) is 0 Å². The fourth-order valence-corrected chi connectivity index (χ4v) is 1.32. The van der Waals surface area contributed by atoms with E-state index in [4.69, 9.17) is 10.8 Å². The van der Waals surface area contributed by atoms with Crippen LogP contribution in [0.1, 0.15) is 5.56 Å². The predicted molar refractivity (Wildman–Crippen MR) is 56.8 cm³/mol. The van der Waals surface area contributed by atoms with Gasteiger partial charge in [0.1, 0.15) is 6.54 Å². The Morgan fingerprint density at radius 3 is 2.53 bits per heavy atom. The second-order valence-corrected chi connectivity index (χ2v) is 3.52. The minimum atomic E-state index is -4.55. The first-order valence-electron chi connectivity index (χ1n) is 4.61. The van der Waals surface area contributed by atoms with Gasteiger partial charge in [-0.3, -0.25) is 4.79 Å². The van der Waals surface area contributed by atoms with Crippen LogP contribution in [0.2, 0.25) is 0 Å². The average Bonchev–Trinajstić information content (AvgIpc) is 2.15. The third kappa shape index (κ3) is 3.27. The maximum atomic E-state index is 12.5. The van der Waals surface area contributed by atoms with Crippen molar-refractivity contribution >= 4 is 17.3 Å². The van der Waals surface area contributed by atoms with Crippen molar-refractivity contribution in [2.45, 2.75) is 6.18 Å². The normalized spacial score (nSPS) is 11.3. The molecule has 94 valence electrons. The summed E-state index contributed by atoms with van der Waals surface area (Å²) in [6.07, 6.45) is -4.55. The van der Waals surface area contributed by atoms with E-state index in [2.05, 4.69) is 0 Å². The van der Waals surface area contributed by atoms with E-state index >= 15 is 0 Å². The molecule has 7 heteroatoms. The molecule has 1 rings (SSSR count). The molecule has 0 amide bonds. The number of benzene rings is 1. The summed E-state index contributed by atoms with van der Waals surface area (Å²) in [6, 6.07) is 3.28. The lowest BCUT2D eigenvalue weighted by molar-refractivity contribution is -0.137. The number of hydrogen-bond acceptors (Lipinski definition) is 3. The Morgan fingerprint density at radius 2 is 2.06 bits per heavy atom. The van der Waals surface area contributed by atoms with Gasteiger partial charge in [0.25, 0.3) is 0 Å². The van der Waals surface area contributed by atoms with Gasteiger partial charge in [-0.05, 0) is 18.2 Å². The summed E-state index contributed by atoms with van der Waals surface area (Å²) in [5.74, 6) is -1.13. The quantitative estimate of drug-likeness (QED) is 0.800. The zero-order chi connectivity index (χ0) is 13.2. The van der Waals surface area contributed by atoms with E-state index in [-0.39, 0.29) is 17.9 Å². The Bertz CT molecular complexity index is 432. The van der Waals surface area contributed by atoms with Crippen LogP contribution in [0.15, 0.2) is 18.2 Å². The average molecular weight is 248 g/mol. The van der Waals surface area contributed by atoms with Crippen LogP contribution in [-0.4, -0.2) is 24.7 Å². The molecular formula is C10H11F3N2O2. The van der Waals surface area contributed by atoms with Crippen molar-refractivity contribution in [3.05, 3.63) is 23.8 Å². The van der Waals surface area contributed by atoms with Crippen LogP contribution in [0.5, 0.6) is 0 Å². The van der Waals surface area contributed by atoms with Crippen LogP contribution in [0.4, 0.5) is 24.5 Å². The number of rotatable bonds is 3. The summed E-state index contributed by atoms with van der Waals surface area (Å²) in [4.78, 5) is 11.6. The fraction of sp³-hybridized carbons (Fsp3) is 0.300. The predicted octanol–water partition coefficient (Wildman–Crippen LogP) is 1.81. The Morgan fingerprint density at radius 1 is 1.47 bits per heavy atom. The molecule has 0 heterocycles. The highest BCUT2D eigenvalue weighted by Gasteiger charge is 2.33. The first-order valence-corrected chi connectivity index (χ1v) is 4.61. The number of nitrogens with zero attached hydrogens (tertiary/aromatic N) is 1. The highest BCUT2D eigenvalue weighted by Crippen LogP contribution is 2.35. The molecule has 0 aromatic heterocycles. The molecule has 1 aromatic carbocycles. The van der Waals surface area contributed by atoms with E-state index in [1.54, 1.807) is 0 Å². The number of carboxylic acids is 1. The summed E-state index contributed by atoms with van der Waals surface area (Å²) < 4.78 is 37.6. The van der Waals surface area contributed by atoms with Crippen molar-refractivity contribution in [1.82, 2.24) is 0 Å². The molecule has 0 atom stereocenters. The number of carboxylic acid groups (broad SMARTS) is 1. The zero-order valence-electron chi connectivity index (χ0n) is 8.95.